The third-order valence-electron chi connectivity index (χ3n) is 3.20. The van der Waals surface area contributed by atoms with Crippen LogP contribution in [0.25, 0.3) is 22.3 Å². The van der Waals surface area contributed by atoms with Gasteiger partial charge in [0.25, 0.3) is 0 Å². The number of nitrogens with two attached hydrogens (primary N) is 1. The van der Waals surface area contributed by atoms with E-state index in [1.54, 1.807) is 0 Å². The number of hydrogen-bond donors (Lipinski definition) is 1. The van der Waals surface area contributed by atoms with E-state index in [2.05, 4.69) is 16.9 Å². The molecule has 3 rings (SSSR count). The lowest BCUT2D eigenvalue weighted by Gasteiger charge is -2.12. The summed E-state index contributed by atoms with van der Waals surface area (Å²) in [6, 6.07) is 15.5. The molecule has 0 aliphatic rings. The van der Waals surface area contributed by atoms with E-state index in [1.165, 1.54) is 0 Å². The number of nitrogens with zero attached hydrogens (tertiary/aromatic N) is 2. The summed E-state index contributed by atoms with van der Waals surface area (Å²) in [6.45, 7) is 2.74. The number of para-hydroxylation sites is 3. The van der Waals surface area contributed by atoms with Gasteiger partial charge in [-0.3, -0.25) is 0 Å². The minimum absolute atomic E-state index is 0.418. The summed E-state index contributed by atoms with van der Waals surface area (Å²) in [5.74, 6) is 1.21. The molecule has 0 radical (unpaired) electrons. The van der Waals surface area contributed by atoms with Crippen molar-refractivity contribution in [1.82, 2.24) is 9.97 Å². The van der Waals surface area contributed by atoms with Crippen LogP contribution in [0.2, 0.25) is 0 Å². The van der Waals surface area contributed by atoms with Crippen LogP contribution in [0.1, 0.15) is 13.3 Å². The van der Waals surface area contributed by atoms with E-state index >= 15 is 0 Å². The Labute approximate surface area is 123 Å². The molecule has 106 valence electrons. The van der Waals surface area contributed by atoms with E-state index in [9.17, 15) is 0 Å². The molecule has 0 saturated heterocycles. The van der Waals surface area contributed by atoms with Crippen molar-refractivity contribution in [2.24, 2.45) is 0 Å². The molecule has 4 nitrogen and oxygen atoms in total. The number of hydrogen-bond acceptors (Lipinski definition) is 4. The molecule has 0 atom stereocenters. The largest absolute Gasteiger partial charge is 0.493 e. The fourth-order valence-electron chi connectivity index (χ4n) is 2.21. The summed E-state index contributed by atoms with van der Waals surface area (Å²) in [4.78, 5) is 9.08. The first-order valence-corrected chi connectivity index (χ1v) is 7.04. The maximum atomic E-state index is 6.09. The highest BCUT2D eigenvalue weighted by Crippen LogP contribution is 2.32. The zero-order valence-electron chi connectivity index (χ0n) is 11.9. The van der Waals surface area contributed by atoms with Crippen LogP contribution in [-0.4, -0.2) is 16.6 Å². The number of ether oxygens (including phenoxy) is 1. The highest BCUT2D eigenvalue weighted by Gasteiger charge is 2.12. The average Bonchev–Trinajstić information content (AvgIpc) is 2.52. The fourth-order valence-corrected chi connectivity index (χ4v) is 2.21. The van der Waals surface area contributed by atoms with Crippen LogP contribution in [0.3, 0.4) is 0 Å². The van der Waals surface area contributed by atoms with E-state index in [-0.39, 0.29) is 0 Å². The average molecular weight is 279 g/mol. The van der Waals surface area contributed by atoms with Gasteiger partial charge in [0.15, 0.2) is 5.82 Å². The van der Waals surface area contributed by atoms with Gasteiger partial charge < -0.3 is 10.5 Å². The van der Waals surface area contributed by atoms with Crippen LogP contribution < -0.4 is 10.5 Å². The van der Waals surface area contributed by atoms with Crippen molar-refractivity contribution in [3.8, 4) is 17.0 Å². The molecule has 2 aromatic carbocycles. The molecule has 0 saturated carbocycles. The van der Waals surface area contributed by atoms with Crippen LogP contribution >= 0.6 is 0 Å². The lowest BCUT2D eigenvalue weighted by molar-refractivity contribution is 0.318. The Morgan fingerprint density at radius 2 is 1.62 bits per heavy atom. The first-order valence-electron chi connectivity index (χ1n) is 7.04. The van der Waals surface area contributed by atoms with Crippen LogP contribution in [-0.2, 0) is 0 Å². The predicted molar refractivity (Wildman–Crippen MR) is 85.2 cm³/mol. The second-order valence-corrected chi connectivity index (χ2v) is 4.79. The van der Waals surface area contributed by atoms with Crippen molar-refractivity contribution in [2.45, 2.75) is 13.3 Å². The zero-order valence-corrected chi connectivity index (χ0v) is 11.9. The second-order valence-electron chi connectivity index (χ2n) is 4.79. The Morgan fingerprint density at radius 3 is 2.38 bits per heavy atom. The lowest BCUT2D eigenvalue weighted by Crippen LogP contribution is -2.01. The molecule has 2 N–H and O–H groups in total. The van der Waals surface area contributed by atoms with Gasteiger partial charge in [0.2, 0.25) is 0 Å². The third kappa shape index (κ3) is 2.65. The predicted octanol–water partition coefficient (Wildman–Crippen LogP) is 3.67. The fraction of sp³-hybridized carbons (Fsp3) is 0.176. The molecule has 0 amide bonds. The summed E-state index contributed by atoms with van der Waals surface area (Å²) in [6.07, 6.45) is 0.952. The van der Waals surface area contributed by atoms with Gasteiger partial charge in [-0.1, -0.05) is 31.2 Å². The molecule has 0 bridgehead atoms. The molecular formula is C17H17N3O. The lowest BCUT2D eigenvalue weighted by atomic mass is 10.1. The summed E-state index contributed by atoms with van der Waals surface area (Å²) in [5.41, 5.74) is 9.25. The van der Waals surface area contributed by atoms with Crippen molar-refractivity contribution < 1.29 is 4.74 Å². The number of benzene rings is 2. The maximum Gasteiger partial charge on any atom is 0.150 e. The van der Waals surface area contributed by atoms with Gasteiger partial charge in [0, 0.05) is 5.56 Å². The molecule has 3 aromatic rings. The van der Waals surface area contributed by atoms with Gasteiger partial charge in [-0.2, -0.15) is 0 Å². The molecular weight excluding hydrogens is 262 g/mol. The molecule has 1 aromatic heterocycles. The van der Waals surface area contributed by atoms with Gasteiger partial charge in [0.1, 0.15) is 11.4 Å². The smallest absolute Gasteiger partial charge is 0.150 e. The van der Waals surface area contributed by atoms with Crippen LogP contribution in [0, 0.1) is 0 Å². The molecule has 21 heavy (non-hydrogen) atoms. The van der Waals surface area contributed by atoms with E-state index in [0.29, 0.717) is 18.1 Å². The Balaban J connectivity index is 2.13. The Kier molecular flexibility index (Phi) is 3.69. The minimum atomic E-state index is 0.418. The van der Waals surface area contributed by atoms with Crippen molar-refractivity contribution in [3.05, 3.63) is 48.5 Å². The molecule has 1 heterocycles. The highest BCUT2D eigenvalue weighted by molar-refractivity contribution is 5.84. The second kappa shape index (κ2) is 5.79. The Hall–Kier alpha value is -2.62. The SMILES string of the molecule is CCCOc1ccccc1-c1nc2ccccc2nc1N. The molecule has 0 unspecified atom stereocenters. The van der Waals surface area contributed by atoms with E-state index < -0.39 is 0 Å². The zero-order chi connectivity index (χ0) is 14.7. The standard InChI is InChI=1S/C17H17N3O/c1-2-11-21-15-10-6-3-7-12(15)16-17(18)20-14-9-5-4-8-13(14)19-16/h3-10H,2,11H2,1H3,(H2,18,20). The number of aromatic nitrogens is 2. The van der Waals surface area contributed by atoms with Crippen molar-refractivity contribution in [1.29, 1.82) is 0 Å². The number of rotatable bonds is 4. The van der Waals surface area contributed by atoms with Crippen LogP contribution in [0.5, 0.6) is 5.75 Å². The topological polar surface area (TPSA) is 61.0 Å². The van der Waals surface area contributed by atoms with E-state index in [1.807, 2.05) is 48.5 Å². The third-order valence-corrected chi connectivity index (χ3v) is 3.20. The monoisotopic (exact) mass is 279 g/mol. The summed E-state index contributed by atoms with van der Waals surface area (Å²) < 4.78 is 5.78. The molecule has 0 aliphatic carbocycles. The van der Waals surface area contributed by atoms with Crippen LogP contribution in [0.4, 0.5) is 5.82 Å². The first kappa shape index (κ1) is 13.4. The van der Waals surface area contributed by atoms with E-state index in [0.717, 1.165) is 28.8 Å². The highest BCUT2D eigenvalue weighted by atomic mass is 16.5. The van der Waals surface area contributed by atoms with Crippen molar-refractivity contribution in [3.63, 3.8) is 0 Å². The van der Waals surface area contributed by atoms with Gasteiger partial charge >= 0.3 is 0 Å². The Bertz CT molecular complexity index is 771. The van der Waals surface area contributed by atoms with Gasteiger partial charge in [0.05, 0.1) is 17.6 Å². The summed E-state index contributed by atoms with van der Waals surface area (Å²) >= 11 is 0. The van der Waals surface area contributed by atoms with Gasteiger partial charge in [-0.05, 0) is 30.7 Å². The quantitative estimate of drug-likeness (QED) is 0.791. The molecule has 0 fully saturated rings. The number of anilines is 1. The van der Waals surface area contributed by atoms with Crippen molar-refractivity contribution in [2.75, 3.05) is 12.3 Å². The molecule has 4 heteroatoms. The maximum absolute atomic E-state index is 6.09. The number of fused-ring (bicyclic) bond motifs is 1. The summed E-state index contributed by atoms with van der Waals surface area (Å²) in [7, 11) is 0. The van der Waals surface area contributed by atoms with E-state index in [4.69, 9.17) is 10.5 Å². The normalized spacial score (nSPS) is 10.7. The van der Waals surface area contributed by atoms with Crippen LogP contribution in [0.15, 0.2) is 48.5 Å². The minimum Gasteiger partial charge on any atom is -0.493 e. The first-order chi connectivity index (χ1) is 10.3. The van der Waals surface area contributed by atoms with Gasteiger partial charge in [-0.25, -0.2) is 9.97 Å². The Morgan fingerprint density at radius 1 is 0.952 bits per heavy atom. The van der Waals surface area contributed by atoms with Crippen molar-refractivity contribution >= 4 is 16.9 Å². The molecule has 0 spiro atoms. The number of nitrogen functional groups attached to an aromatic ring is 1. The van der Waals surface area contributed by atoms with Gasteiger partial charge in [-0.15, -0.1) is 0 Å². The molecule has 0 aliphatic heterocycles. The summed E-state index contributed by atoms with van der Waals surface area (Å²) in [5, 5.41) is 0.